The summed E-state index contributed by atoms with van der Waals surface area (Å²) < 4.78 is 0. The molecule has 1 unspecified atom stereocenters. The summed E-state index contributed by atoms with van der Waals surface area (Å²) in [4.78, 5) is 0. The highest BCUT2D eigenvalue weighted by atomic mass is 14.4. The van der Waals surface area contributed by atoms with E-state index in [1.165, 1.54) is 19.3 Å². The fourth-order valence-corrected chi connectivity index (χ4v) is 1.73. The number of hydrogen-bond acceptors (Lipinski definition) is 1. The van der Waals surface area contributed by atoms with Crippen LogP contribution in [0.2, 0.25) is 0 Å². The topological polar surface area (TPSA) is 23.8 Å². The molecule has 0 aromatic carbocycles. The van der Waals surface area contributed by atoms with Gasteiger partial charge in [0.1, 0.15) is 0 Å². The zero-order valence-corrected chi connectivity index (χ0v) is 6.85. The Morgan fingerprint density at radius 3 is 2.50 bits per heavy atom. The second kappa shape index (κ2) is 2.62. The normalized spacial score (nSPS) is 31.1. The Balaban J connectivity index is 2.62. The molecule has 0 aromatic rings. The maximum atomic E-state index is 8.78. The molecular formula is C9H15N. The lowest BCUT2D eigenvalue weighted by Gasteiger charge is -2.33. The van der Waals surface area contributed by atoms with E-state index in [0.717, 1.165) is 6.42 Å². The number of nitrogens with zero attached hydrogens (tertiary/aromatic N) is 1. The van der Waals surface area contributed by atoms with Gasteiger partial charge in [-0.3, -0.25) is 0 Å². The van der Waals surface area contributed by atoms with Gasteiger partial charge in [0.25, 0.3) is 0 Å². The SMILES string of the molecule is CC1(C)CCCCC1C#N. The molecule has 0 spiro atoms. The fourth-order valence-electron chi connectivity index (χ4n) is 1.73. The summed E-state index contributed by atoms with van der Waals surface area (Å²) in [5, 5.41) is 8.78. The number of rotatable bonds is 0. The van der Waals surface area contributed by atoms with E-state index >= 15 is 0 Å². The monoisotopic (exact) mass is 137 g/mol. The van der Waals surface area contributed by atoms with E-state index in [2.05, 4.69) is 19.9 Å². The molecule has 1 rings (SSSR count). The van der Waals surface area contributed by atoms with E-state index in [9.17, 15) is 0 Å². The Kier molecular flexibility index (Phi) is 1.99. The second-order valence-electron chi connectivity index (χ2n) is 3.92. The van der Waals surface area contributed by atoms with Gasteiger partial charge < -0.3 is 0 Å². The van der Waals surface area contributed by atoms with Crippen LogP contribution >= 0.6 is 0 Å². The quantitative estimate of drug-likeness (QED) is 0.503. The van der Waals surface area contributed by atoms with Gasteiger partial charge in [-0.1, -0.05) is 26.7 Å². The minimum absolute atomic E-state index is 0.285. The molecule has 1 nitrogen and oxygen atoms in total. The molecule has 1 heteroatoms. The van der Waals surface area contributed by atoms with E-state index < -0.39 is 0 Å². The maximum Gasteiger partial charge on any atom is 0.0661 e. The van der Waals surface area contributed by atoms with E-state index in [4.69, 9.17) is 5.26 Å². The minimum atomic E-state index is 0.285. The van der Waals surface area contributed by atoms with Gasteiger partial charge >= 0.3 is 0 Å². The summed E-state index contributed by atoms with van der Waals surface area (Å²) in [5.41, 5.74) is 0.285. The lowest BCUT2D eigenvalue weighted by molar-refractivity contribution is 0.183. The van der Waals surface area contributed by atoms with Gasteiger partial charge in [0.05, 0.1) is 12.0 Å². The molecule has 1 aliphatic carbocycles. The molecule has 10 heavy (non-hydrogen) atoms. The second-order valence-corrected chi connectivity index (χ2v) is 3.92. The van der Waals surface area contributed by atoms with Crippen LogP contribution in [0.15, 0.2) is 0 Å². The minimum Gasteiger partial charge on any atom is -0.198 e. The van der Waals surface area contributed by atoms with Crippen molar-refractivity contribution >= 4 is 0 Å². The summed E-state index contributed by atoms with van der Waals surface area (Å²) in [6, 6.07) is 2.39. The Morgan fingerprint density at radius 1 is 1.40 bits per heavy atom. The highest BCUT2D eigenvalue weighted by molar-refractivity contribution is 4.95. The van der Waals surface area contributed by atoms with Crippen LogP contribution < -0.4 is 0 Å². The maximum absolute atomic E-state index is 8.78. The van der Waals surface area contributed by atoms with Crippen LogP contribution in [0.3, 0.4) is 0 Å². The highest BCUT2D eigenvalue weighted by Crippen LogP contribution is 2.39. The molecule has 0 N–H and O–H groups in total. The average molecular weight is 137 g/mol. The van der Waals surface area contributed by atoms with Crippen LogP contribution in [0.25, 0.3) is 0 Å². The molecule has 0 radical (unpaired) electrons. The van der Waals surface area contributed by atoms with Crippen LogP contribution in [0.5, 0.6) is 0 Å². The van der Waals surface area contributed by atoms with Gasteiger partial charge in [0, 0.05) is 0 Å². The highest BCUT2D eigenvalue weighted by Gasteiger charge is 2.31. The van der Waals surface area contributed by atoms with Gasteiger partial charge in [0.15, 0.2) is 0 Å². The van der Waals surface area contributed by atoms with Crippen molar-refractivity contribution in [2.45, 2.75) is 39.5 Å². The molecule has 0 aliphatic heterocycles. The van der Waals surface area contributed by atoms with Gasteiger partial charge in [-0.05, 0) is 18.3 Å². The molecule has 0 bridgehead atoms. The Bertz CT molecular complexity index is 153. The van der Waals surface area contributed by atoms with Crippen molar-refractivity contribution in [1.82, 2.24) is 0 Å². The molecule has 1 saturated carbocycles. The van der Waals surface area contributed by atoms with Crippen molar-refractivity contribution < 1.29 is 0 Å². The van der Waals surface area contributed by atoms with Crippen LogP contribution in [-0.4, -0.2) is 0 Å². The molecule has 0 aromatic heterocycles. The third kappa shape index (κ3) is 1.31. The Labute approximate surface area is 63.0 Å². The number of hydrogen-bond donors (Lipinski definition) is 0. The van der Waals surface area contributed by atoms with E-state index in [0.29, 0.717) is 5.92 Å². The van der Waals surface area contributed by atoms with Crippen molar-refractivity contribution in [3.05, 3.63) is 0 Å². The third-order valence-electron chi connectivity index (χ3n) is 2.66. The molecule has 0 heterocycles. The Morgan fingerprint density at radius 2 is 2.10 bits per heavy atom. The van der Waals surface area contributed by atoms with Crippen molar-refractivity contribution in [2.24, 2.45) is 11.3 Å². The fraction of sp³-hybridized carbons (Fsp3) is 0.889. The zero-order chi connectivity index (χ0) is 7.61. The molecule has 0 saturated heterocycles. The molecule has 0 amide bonds. The summed E-state index contributed by atoms with van der Waals surface area (Å²) >= 11 is 0. The first-order valence-corrected chi connectivity index (χ1v) is 4.06. The first-order chi connectivity index (χ1) is 4.67. The summed E-state index contributed by atoms with van der Waals surface area (Å²) in [6.45, 7) is 4.42. The first-order valence-electron chi connectivity index (χ1n) is 4.06. The van der Waals surface area contributed by atoms with Crippen molar-refractivity contribution in [1.29, 1.82) is 5.26 Å². The van der Waals surface area contributed by atoms with Crippen LogP contribution in [0.1, 0.15) is 39.5 Å². The summed E-state index contributed by atoms with van der Waals surface area (Å²) in [5.74, 6) is 0.307. The van der Waals surface area contributed by atoms with Gasteiger partial charge in [-0.15, -0.1) is 0 Å². The standard InChI is InChI=1S/C9H15N/c1-9(2)6-4-3-5-8(9)7-10/h8H,3-6H2,1-2H3. The van der Waals surface area contributed by atoms with E-state index in [-0.39, 0.29) is 5.41 Å². The number of nitriles is 1. The van der Waals surface area contributed by atoms with Crippen LogP contribution in [0, 0.1) is 22.7 Å². The molecule has 1 fully saturated rings. The first kappa shape index (κ1) is 7.60. The third-order valence-corrected chi connectivity index (χ3v) is 2.66. The molecule has 1 aliphatic rings. The summed E-state index contributed by atoms with van der Waals surface area (Å²) in [6.07, 6.45) is 4.90. The zero-order valence-electron chi connectivity index (χ0n) is 6.85. The molecular weight excluding hydrogens is 122 g/mol. The molecule has 1 atom stereocenters. The lowest BCUT2D eigenvalue weighted by atomic mass is 9.70. The van der Waals surface area contributed by atoms with Gasteiger partial charge in [-0.2, -0.15) is 5.26 Å². The largest absolute Gasteiger partial charge is 0.198 e. The predicted molar refractivity (Wildman–Crippen MR) is 41.4 cm³/mol. The lowest BCUT2D eigenvalue weighted by Crippen LogP contribution is -2.26. The Hall–Kier alpha value is -0.510. The van der Waals surface area contributed by atoms with Crippen molar-refractivity contribution in [3.63, 3.8) is 0 Å². The van der Waals surface area contributed by atoms with Crippen LogP contribution in [-0.2, 0) is 0 Å². The van der Waals surface area contributed by atoms with E-state index in [1.807, 2.05) is 0 Å². The molecule has 56 valence electrons. The van der Waals surface area contributed by atoms with Gasteiger partial charge in [0.2, 0.25) is 0 Å². The average Bonchev–Trinajstić information content (AvgIpc) is 1.87. The predicted octanol–water partition coefficient (Wildman–Crippen LogP) is 2.73. The summed E-state index contributed by atoms with van der Waals surface area (Å²) in [7, 11) is 0. The smallest absolute Gasteiger partial charge is 0.0661 e. The van der Waals surface area contributed by atoms with E-state index in [1.54, 1.807) is 0 Å². The van der Waals surface area contributed by atoms with Crippen molar-refractivity contribution in [3.8, 4) is 6.07 Å². The van der Waals surface area contributed by atoms with Gasteiger partial charge in [-0.25, -0.2) is 0 Å². The van der Waals surface area contributed by atoms with Crippen molar-refractivity contribution in [2.75, 3.05) is 0 Å². The van der Waals surface area contributed by atoms with Crippen LogP contribution in [0.4, 0.5) is 0 Å².